The Hall–Kier alpha value is -2.95. The summed E-state index contributed by atoms with van der Waals surface area (Å²) in [6.07, 6.45) is 3.55. The van der Waals surface area contributed by atoms with E-state index in [0.717, 1.165) is 24.8 Å². The SMILES string of the molecule is CCCCCC(=O)N(CC)C(C)c1nc2ccccc2c(=O)n1Cc1ccccc1. The van der Waals surface area contributed by atoms with Crippen LogP contribution in [0.15, 0.2) is 59.4 Å². The van der Waals surface area contributed by atoms with Gasteiger partial charge in [-0.1, -0.05) is 62.2 Å². The summed E-state index contributed by atoms with van der Waals surface area (Å²) >= 11 is 0. The summed E-state index contributed by atoms with van der Waals surface area (Å²) in [5.74, 6) is 0.750. The lowest BCUT2D eigenvalue weighted by atomic mass is 10.1. The van der Waals surface area contributed by atoms with Gasteiger partial charge in [-0.3, -0.25) is 14.2 Å². The number of rotatable bonds is 9. The normalized spacial score (nSPS) is 12.1. The van der Waals surface area contributed by atoms with E-state index < -0.39 is 0 Å². The van der Waals surface area contributed by atoms with Crippen LogP contribution in [-0.2, 0) is 11.3 Å². The van der Waals surface area contributed by atoms with E-state index in [1.807, 2.05) is 73.3 Å². The summed E-state index contributed by atoms with van der Waals surface area (Å²) in [7, 11) is 0. The number of unbranched alkanes of at least 4 members (excludes halogenated alkanes) is 2. The van der Waals surface area contributed by atoms with Gasteiger partial charge in [0.15, 0.2) is 0 Å². The van der Waals surface area contributed by atoms with Crippen molar-refractivity contribution in [1.29, 1.82) is 0 Å². The first kappa shape index (κ1) is 21.8. The van der Waals surface area contributed by atoms with Crippen LogP contribution in [0.2, 0.25) is 0 Å². The molecule has 0 fully saturated rings. The molecule has 158 valence electrons. The topological polar surface area (TPSA) is 55.2 Å². The van der Waals surface area contributed by atoms with Crippen molar-refractivity contribution in [2.24, 2.45) is 0 Å². The summed E-state index contributed by atoms with van der Waals surface area (Å²) in [4.78, 5) is 33.0. The number of carbonyl (C=O) groups is 1. The highest BCUT2D eigenvalue weighted by Gasteiger charge is 2.25. The van der Waals surface area contributed by atoms with Gasteiger partial charge in [0.05, 0.1) is 23.5 Å². The van der Waals surface area contributed by atoms with Gasteiger partial charge in [0.1, 0.15) is 5.82 Å². The molecule has 2 aromatic carbocycles. The number of benzene rings is 2. The Bertz CT molecular complexity index is 1040. The Morgan fingerprint density at radius 1 is 1.03 bits per heavy atom. The summed E-state index contributed by atoms with van der Waals surface area (Å²) in [6.45, 7) is 7.10. The Morgan fingerprint density at radius 3 is 2.43 bits per heavy atom. The Balaban J connectivity index is 2.04. The first-order chi connectivity index (χ1) is 14.6. The molecule has 1 aromatic heterocycles. The lowest BCUT2D eigenvalue weighted by molar-refractivity contribution is -0.133. The molecule has 0 aliphatic heterocycles. The van der Waals surface area contributed by atoms with Crippen molar-refractivity contribution in [3.8, 4) is 0 Å². The highest BCUT2D eigenvalue weighted by atomic mass is 16.2. The molecule has 1 heterocycles. The quantitative estimate of drug-likeness (QED) is 0.474. The monoisotopic (exact) mass is 405 g/mol. The first-order valence-corrected chi connectivity index (χ1v) is 10.9. The number of hydrogen-bond donors (Lipinski definition) is 0. The van der Waals surface area contributed by atoms with Crippen LogP contribution in [0.25, 0.3) is 10.9 Å². The number of amides is 1. The van der Waals surface area contributed by atoms with Gasteiger partial charge < -0.3 is 4.90 Å². The molecule has 3 rings (SSSR count). The molecule has 1 atom stereocenters. The molecule has 30 heavy (non-hydrogen) atoms. The third-order valence-corrected chi connectivity index (χ3v) is 5.57. The molecule has 0 bridgehead atoms. The Morgan fingerprint density at radius 2 is 1.73 bits per heavy atom. The van der Waals surface area contributed by atoms with Crippen LogP contribution in [0.5, 0.6) is 0 Å². The fraction of sp³-hybridized carbons (Fsp3) is 0.400. The van der Waals surface area contributed by atoms with Crippen molar-refractivity contribution in [3.05, 3.63) is 76.3 Å². The molecule has 0 saturated carbocycles. The van der Waals surface area contributed by atoms with Gasteiger partial charge in [-0.25, -0.2) is 4.98 Å². The predicted molar refractivity (Wildman–Crippen MR) is 121 cm³/mol. The number of para-hydroxylation sites is 1. The molecule has 0 spiro atoms. The van der Waals surface area contributed by atoms with E-state index in [9.17, 15) is 9.59 Å². The Labute approximate surface area is 178 Å². The smallest absolute Gasteiger partial charge is 0.261 e. The lowest BCUT2D eigenvalue weighted by Crippen LogP contribution is -2.37. The van der Waals surface area contributed by atoms with E-state index in [0.29, 0.717) is 36.2 Å². The van der Waals surface area contributed by atoms with E-state index in [1.54, 1.807) is 4.57 Å². The van der Waals surface area contributed by atoms with Gasteiger partial charge in [0.2, 0.25) is 5.91 Å². The van der Waals surface area contributed by atoms with E-state index in [1.165, 1.54) is 0 Å². The fourth-order valence-corrected chi connectivity index (χ4v) is 3.90. The average molecular weight is 406 g/mol. The second-order valence-corrected chi connectivity index (χ2v) is 7.68. The van der Waals surface area contributed by atoms with Crippen LogP contribution < -0.4 is 5.56 Å². The van der Waals surface area contributed by atoms with Crippen LogP contribution in [0.1, 0.15) is 63.9 Å². The maximum atomic E-state index is 13.4. The van der Waals surface area contributed by atoms with Gasteiger partial charge in [0, 0.05) is 13.0 Å². The van der Waals surface area contributed by atoms with Gasteiger partial charge >= 0.3 is 0 Å². The third-order valence-electron chi connectivity index (χ3n) is 5.57. The zero-order valence-corrected chi connectivity index (χ0v) is 18.2. The minimum Gasteiger partial charge on any atom is -0.333 e. The number of aromatic nitrogens is 2. The van der Waals surface area contributed by atoms with Crippen molar-refractivity contribution in [3.63, 3.8) is 0 Å². The van der Waals surface area contributed by atoms with Gasteiger partial charge in [-0.15, -0.1) is 0 Å². The van der Waals surface area contributed by atoms with E-state index >= 15 is 0 Å². The fourth-order valence-electron chi connectivity index (χ4n) is 3.90. The third kappa shape index (κ3) is 4.78. The van der Waals surface area contributed by atoms with Gasteiger partial charge in [0.25, 0.3) is 5.56 Å². The van der Waals surface area contributed by atoms with Crippen LogP contribution in [0, 0.1) is 0 Å². The second-order valence-electron chi connectivity index (χ2n) is 7.68. The van der Waals surface area contributed by atoms with E-state index in [-0.39, 0.29) is 17.5 Å². The molecular formula is C25H31N3O2. The summed E-state index contributed by atoms with van der Waals surface area (Å²) in [5.41, 5.74) is 1.63. The van der Waals surface area contributed by atoms with Crippen LogP contribution in [0.3, 0.4) is 0 Å². The molecule has 0 aliphatic rings. The number of hydrogen-bond acceptors (Lipinski definition) is 3. The molecular weight excluding hydrogens is 374 g/mol. The van der Waals surface area contributed by atoms with Crippen molar-refractivity contribution >= 4 is 16.8 Å². The highest BCUT2D eigenvalue weighted by Crippen LogP contribution is 2.22. The molecule has 0 aliphatic carbocycles. The van der Waals surface area contributed by atoms with E-state index in [4.69, 9.17) is 4.98 Å². The zero-order chi connectivity index (χ0) is 21.5. The van der Waals surface area contributed by atoms with Crippen LogP contribution >= 0.6 is 0 Å². The second kappa shape index (κ2) is 10.2. The highest BCUT2D eigenvalue weighted by molar-refractivity contribution is 5.78. The number of carbonyl (C=O) groups excluding carboxylic acids is 1. The van der Waals surface area contributed by atoms with Crippen molar-refractivity contribution in [2.75, 3.05) is 6.54 Å². The summed E-state index contributed by atoms with van der Waals surface area (Å²) in [5, 5.41) is 0.599. The molecule has 1 unspecified atom stereocenters. The average Bonchev–Trinajstić information content (AvgIpc) is 2.77. The predicted octanol–water partition coefficient (Wildman–Crippen LogP) is 4.93. The maximum absolute atomic E-state index is 13.4. The standard InChI is InChI=1S/C25H31N3O2/c1-4-6-8-17-23(29)27(5-2)19(3)24-26-22-16-12-11-15-21(22)25(30)28(24)18-20-13-9-7-10-14-20/h7,9-16,19H,4-6,8,17-18H2,1-3H3. The number of fused-ring (bicyclic) bond motifs is 1. The molecule has 5 heteroatoms. The molecule has 5 nitrogen and oxygen atoms in total. The molecule has 1 amide bonds. The van der Waals surface area contributed by atoms with Crippen molar-refractivity contribution in [2.45, 2.75) is 59.0 Å². The lowest BCUT2D eigenvalue weighted by Gasteiger charge is -2.29. The minimum atomic E-state index is -0.287. The Kier molecular flexibility index (Phi) is 7.39. The maximum Gasteiger partial charge on any atom is 0.261 e. The van der Waals surface area contributed by atoms with Gasteiger partial charge in [-0.05, 0) is 38.0 Å². The van der Waals surface area contributed by atoms with Crippen molar-refractivity contribution in [1.82, 2.24) is 14.5 Å². The molecule has 0 saturated heterocycles. The number of nitrogens with zero attached hydrogens (tertiary/aromatic N) is 3. The summed E-state index contributed by atoms with van der Waals surface area (Å²) < 4.78 is 1.73. The van der Waals surface area contributed by atoms with Crippen LogP contribution in [-0.4, -0.2) is 26.9 Å². The van der Waals surface area contributed by atoms with Crippen molar-refractivity contribution < 1.29 is 4.79 Å². The largest absolute Gasteiger partial charge is 0.333 e. The van der Waals surface area contributed by atoms with Crippen LogP contribution in [0.4, 0.5) is 0 Å². The molecule has 3 aromatic rings. The summed E-state index contributed by atoms with van der Waals surface area (Å²) in [6, 6.07) is 17.0. The van der Waals surface area contributed by atoms with E-state index in [2.05, 4.69) is 6.92 Å². The first-order valence-electron chi connectivity index (χ1n) is 10.9. The minimum absolute atomic E-state index is 0.0687. The van der Waals surface area contributed by atoms with Gasteiger partial charge in [-0.2, -0.15) is 0 Å². The molecule has 0 N–H and O–H groups in total. The molecule has 0 radical (unpaired) electrons. The zero-order valence-electron chi connectivity index (χ0n) is 18.2.